The smallest absolute Gasteiger partial charge is 0.404 e. The van der Waals surface area contributed by atoms with Crippen LogP contribution in [0.4, 0.5) is 4.79 Å². The van der Waals surface area contributed by atoms with Crippen molar-refractivity contribution in [2.24, 2.45) is 0 Å². The predicted octanol–water partition coefficient (Wildman–Crippen LogP) is 0.366. The van der Waals surface area contributed by atoms with Gasteiger partial charge in [0.15, 0.2) is 0 Å². The van der Waals surface area contributed by atoms with E-state index in [-0.39, 0.29) is 0 Å². The van der Waals surface area contributed by atoms with Gasteiger partial charge in [-0.15, -0.1) is 0 Å². The summed E-state index contributed by atoms with van der Waals surface area (Å²) >= 11 is 0. The van der Waals surface area contributed by atoms with E-state index in [0.29, 0.717) is 6.54 Å². The molecule has 0 aromatic carbocycles. The molecule has 0 unspecified atom stereocenters. The molecular formula is C9H18N2O3. The topological polar surface area (TPSA) is 61.8 Å². The summed E-state index contributed by atoms with van der Waals surface area (Å²) in [7, 11) is 0. The van der Waals surface area contributed by atoms with Crippen molar-refractivity contribution in [3.63, 3.8) is 0 Å². The SMILES string of the molecule is O=C(O)NCCCCN1CCOCC1. The van der Waals surface area contributed by atoms with E-state index >= 15 is 0 Å². The van der Waals surface area contributed by atoms with Crippen molar-refractivity contribution in [2.45, 2.75) is 12.8 Å². The van der Waals surface area contributed by atoms with E-state index in [9.17, 15) is 4.79 Å². The molecule has 82 valence electrons. The van der Waals surface area contributed by atoms with Crippen LogP contribution in [0.25, 0.3) is 0 Å². The number of carboxylic acid groups (broad SMARTS) is 1. The van der Waals surface area contributed by atoms with Crippen LogP contribution in [0.1, 0.15) is 12.8 Å². The molecule has 1 amide bonds. The first-order chi connectivity index (χ1) is 6.79. The summed E-state index contributed by atoms with van der Waals surface area (Å²) in [4.78, 5) is 12.5. The fourth-order valence-corrected chi connectivity index (χ4v) is 1.48. The minimum atomic E-state index is -0.934. The molecule has 0 radical (unpaired) electrons. The van der Waals surface area contributed by atoms with E-state index in [1.807, 2.05) is 0 Å². The van der Waals surface area contributed by atoms with Gasteiger partial charge in [0.05, 0.1) is 13.2 Å². The van der Waals surface area contributed by atoms with Crippen LogP contribution in [-0.2, 0) is 4.74 Å². The van der Waals surface area contributed by atoms with Crippen LogP contribution in [0.15, 0.2) is 0 Å². The lowest BCUT2D eigenvalue weighted by molar-refractivity contribution is 0.0372. The van der Waals surface area contributed by atoms with Gasteiger partial charge in [0.1, 0.15) is 0 Å². The molecule has 5 nitrogen and oxygen atoms in total. The Morgan fingerprint density at radius 3 is 2.71 bits per heavy atom. The van der Waals surface area contributed by atoms with Crippen molar-refractivity contribution in [3.05, 3.63) is 0 Å². The summed E-state index contributed by atoms with van der Waals surface area (Å²) in [5.74, 6) is 0. The van der Waals surface area contributed by atoms with Crippen LogP contribution >= 0.6 is 0 Å². The van der Waals surface area contributed by atoms with Gasteiger partial charge in [-0.1, -0.05) is 0 Å². The third kappa shape index (κ3) is 5.04. The molecule has 2 N–H and O–H groups in total. The summed E-state index contributed by atoms with van der Waals surface area (Å²) in [6.45, 7) is 5.27. The summed E-state index contributed by atoms with van der Waals surface area (Å²) in [6, 6.07) is 0. The van der Waals surface area contributed by atoms with E-state index in [2.05, 4.69) is 10.2 Å². The van der Waals surface area contributed by atoms with Gasteiger partial charge in [-0.2, -0.15) is 0 Å². The monoisotopic (exact) mass is 202 g/mol. The number of morpholine rings is 1. The van der Waals surface area contributed by atoms with Crippen LogP contribution in [-0.4, -0.2) is 55.5 Å². The minimum absolute atomic E-state index is 0.555. The third-order valence-electron chi connectivity index (χ3n) is 2.28. The lowest BCUT2D eigenvalue weighted by Crippen LogP contribution is -2.37. The second-order valence-electron chi connectivity index (χ2n) is 3.39. The maximum atomic E-state index is 10.1. The zero-order valence-corrected chi connectivity index (χ0v) is 8.37. The molecule has 1 heterocycles. The number of rotatable bonds is 5. The molecule has 0 saturated carbocycles. The highest BCUT2D eigenvalue weighted by molar-refractivity contribution is 5.64. The van der Waals surface area contributed by atoms with Crippen molar-refractivity contribution < 1.29 is 14.6 Å². The number of unbranched alkanes of at least 4 members (excludes halogenated alkanes) is 1. The number of carbonyl (C=O) groups is 1. The highest BCUT2D eigenvalue weighted by Crippen LogP contribution is 1.99. The Morgan fingerprint density at radius 1 is 1.36 bits per heavy atom. The van der Waals surface area contributed by atoms with E-state index in [1.165, 1.54) is 0 Å². The Hall–Kier alpha value is -0.810. The molecule has 0 aromatic rings. The second-order valence-corrected chi connectivity index (χ2v) is 3.39. The maximum Gasteiger partial charge on any atom is 0.404 e. The van der Waals surface area contributed by atoms with Crippen molar-refractivity contribution in [3.8, 4) is 0 Å². The Labute approximate surface area is 84.0 Å². The molecule has 5 heteroatoms. The van der Waals surface area contributed by atoms with Crippen LogP contribution in [0.5, 0.6) is 0 Å². The van der Waals surface area contributed by atoms with Crippen molar-refractivity contribution in [1.29, 1.82) is 0 Å². The van der Waals surface area contributed by atoms with Crippen molar-refractivity contribution in [2.75, 3.05) is 39.4 Å². The fraction of sp³-hybridized carbons (Fsp3) is 0.889. The predicted molar refractivity (Wildman–Crippen MR) is 52.5 cm³/mol. The second kappa shape index (κ2) is 6.62. The van der Waals surface area contributed by atoms with E-state index in [4.69, 9.17) is 9.84 Å². The van der Waals surface area contributed by atoms with Gasteiger partial charge in [0, 0.05) is 19.6 Å². The van der Waals surface area contributed by atoms with Crippen molar-refractivity contribution >= 4 is 6.09 Å². The van der Waals surface area contributed by atoms with E-state index in [1.54, 1.807) is 0 Å². The Kier molecular flexibility index (Phi) is 5.32. The van der Waals surface area contributed by atoms with Gasteiger partial charge in [-0.25, -0.2) is 4.79 Å². The highest BCUT2D eigenvalue weighted by Gasteiger charge is 2.08. The number of amides is 1. The van der Waals surface area contributed by atoms with Gasteiger partial charge < -0.3 is 15.2 Å². The first-order valence-electron chi connectivity index (χ1n) is 5.06. The molecule has 1 fully saturated rings. The van der Waals surface area contributed by atoms with Gasteiger partial charge in [0.25, 0.3) is 0 Å². The maximum absolute atomic E-state index is 10.1. The Balaban J connectivity index is 1.90. The molecule has 1 rings (SSSR count). The summed E-state index contributed by atoms with van der Waals surface area (Å²) in [6.07, 6.45) is 1.01. The highest BCUT2D eigenvalue weighted by atomic mass is 16.5. The minimum Gasteiger partial charge on any atom is -0.465 e. The molecule has 14 heavy (non-hydrogen) atoms. The number of nitrogens with zero attached hydrogens (tertiary/aromatic N) is 1. The fourth-order valence-electron chi connectivity index (χ4n) is 1.48. The normalized spacial score (nSPS) is 18.0. The molecule has 0 bridgehead atoms. The summed E-state index contributed by atoms with van der Waals surface area (Å²) < 4.78 is 5.23. The number of hydrogen-bond acceptors (Lipinski definition) is 3. The van der Waals surface area contributed by atoms with Gasteiger partial charge in [-0.3, -0.25) is 4.90 Å². The molecule has 0 aromatic heterocycles. The van der Waals surface area contributed by atoms with Crippen LogP contribution < -0.4 is 5.32 Å². The quantitative estimate of drug-likeness (QED) is 0.632. The number of hydrogen-bond donors (Lipinski definition) is 2. The van der Waals surface area contributed by atoms with Crippen molar-refractivity contribution in [1.82, 2.24) is 10.2 Å². The van der Waals surface area contributed by atoms with Crippen LogP contribution in [0.2, 0.25) is 0 Å². The molecule has 0 atom stereocenters. The van der Waals surface area contributed by atoms with Crippen LogP contribution in [0, 0.1) is 0 Å². The first kappa shape index (κ1) is 11.3. The number of ether oxygens (including phenoxy) is 1. The van der Waals surface area contributed by atoms with Gasteiger partial charge in [0.2, 0.25) is 0 Å². The molecular weight excluding hydrogens is 184 g/mol. The molecule has 0 aliphatic carbocycles. The molecule has 1 saturated heterocycles. The van der Waals surface area contributed by atoms with Gasteiger partial charge in [-0.05, 0) is 19.4 Å². The third-order valence-corrected chi connectivity index (χ3v) is 2.28. The summed E-state index contributed by atoms with van der Waals surface area (Å²) in [5.41, 5.74) is 0. The molecule has 1 aliphatic heterocycles. The molecule has 0 spiro atoms. The standard InChI is InChI=1S/C9H18N2O3/c12-9(13)10-3-1-2-4-11-5-7-14-8-6-11/h10H,1-8H2,(H,12,13). The number of nitrogens with one attached hydrogen (secondary N) is 1. The average molecular weight is 202 g/mol. The Morgan fingerprint density at radius 2 is 2.07 bits per heavy atom. The Bertz CT molecular complexity index is 169. The lowest BCUT2D eigenvalue weighted by atomic mass is 10.3. The lowest BCUT2D eigenvalue weighted by Gasteiger charge is -2.26. The van der Waals surface area contributed by atoms with Gasteiger partial charge >= 0.3 is 6.09 Å². The molecule has 1 aliphatic rings. The average Bonchev–Trinajstić information content (AvgIpc) is 2.18. The van der Waals surface area contributed by atoms with E-state index in [0.717, 1.165) is 45.7 Å². The largest absolute Gasteiger partial charge is 0.465 e. The zero-order valence-electron chi connectivity index (χ0n) is 8.37. The van der Waals surface area contributed by atoms with Crippen LogP contribution in [0.3, 0.4) is 0 Å². The zero-order chi connectivity index (χ0) is 10.2. The van der Waals surface area contributed by atoms with E-state index < -0.39 is 6.09 Å². The summed E-state index contributed by atoms with van der Waals surface area (Å²) in [5, 5.41) is 10.7. The first-order valence-corrected chi connectivity index (χ1v) is 5.06.